The normalized spacial score (nSPS) is 14.4. The fraction of sp³-hybridized carbons (Fsp3) is 0.600. The topological polar surface area (TPSA) is 32.3 Å². The molecule has 1 rings (SSSR count). The molecule has 0 aliphatic carbocycles. The molecular weight excluding hydrogens is 242 g/mol. The Balaban J connectivity index is 2.62. The van der Waals surface area contributed by atoms with Crippen LogP contribution in [-0.4, -0.2) is 29.3 Å². The van der Waals surface area contributed by atoms with Crippen LogP contribution in [0.1, 0.15) is 37.4 Å². The zero-order chi connectivity index (χ0) is 13.4. The lowest BCUT2D eigenvalue weighted by Gasteiger charge is -2.21. The third kappa shape index (κ3) is 5.01. The maximum Gasteiger partial charge on any atom is 0.0441 e. The first-order chi connectivity index (χ1) is 8.69. The highest BCUT2D eigenvalue weighted by molar-refractivity contribution is 7.99. The van der Waals surface area contributed by atoms with E-state index in [0.29, 0.717) is 11.3 Å². The lowest BCUT2D eigenvalue weighted by Crippen LogP contribution is -2.24. The van der Waals surface area contributed by atoms with Gasteiger partial charge in [0.25, 0.3) is 0 Å². The molecule has 0 spiro atoms. The summed E-state index contributed by atoms with van der Waals surface area (Å²) in [5.41, 5.74) is 2.74. The van der Waals surface area contributed by atoms with Crippen molar-refractivity contribution in [1.29, 1.82) is 0 Å². The Morgan fingerprint density at radius 2 is 2.06 bits per heavy atom. The minimum Gasteiger partial charge on any atom is -0.396 e. The summed E-state index contributed by atoms with van der Waals surface area (Å²) in [6.45, 7) is 7.76. The van der Waals surface area contributed by atoms with Crippen molar-refractivity contribution in [3.05, 3.63) is 35.4 Å². The Hall–Kier alpha value is -0.510. The summed E-state index contributed by atoms with van der Waals surface area (Å²) >= 11 is 1.93. The average molecular weight is 267 g/mol. The van der Waals surface area contributed by atoms with Gasteiger partial charge in [-0.25, -0.2) is 0 Å². The van der Waals surface area contributed by atoms with E-state index in [-0.39, 0.29) is 6.61 Å². The summed E-state index contributed by atoms with van der Waals surface area (Å²) < 4.78 is 0. The molecule has 1 aromatic carbocycles. The molecule has 3 heteroatoms. The van der Waals surface area contributed by atoms with E-state index in [9.17, 15) is 0 Å². The molecule has 2 N–H and O–H groups in total. The van der Waals surface area contributed by atoms with Crippen molar-refractivity contribution >= 4 is 11.8 Å². The minimum absolute atomic E-state index is 0.282. The zero-order valence-corrected chi connectivity index (χ0v) is 12.5. The number of benzene rings is 1. The van der Waals surface area contributed by atoms with Gasteiger partial charge in [0.2, 0.25) is 0 Å². The quantitative estimate of drug-likeness (QED) is 0.759. The lowest BCUT2D eigenvalue weighted by molar-refractivity contribution is 0.289. The van der Waals surface area contributed by atoms with Crippen LogP contribution < -0.4 is 5.32 Å². The van der Waals surface area contributed by atoms with E-state index in [1.165, 1.54) is 11.1 Å². The first-order valence-electron chi connectivity index (χ1n) is 6.70. The van der Waals surface area contributed by atoms with E-state index in [2.05, 4.69) is 50.4 Å². The van der Waals surface area contributed by atoms with E-state index < -0.39 is 0 Å². The molecule has 0 bridgehead atoms. The molecule has 2 atom stereocenters. The molecule has 0 aliphatic rings. The monoisotopic (exact) mass is 267 g/mol. The molecule has 1 aromatic rings. The molecular formula is C15H25NOS. The zero-order valence-electron chi connectivity index (χ0n) is 11.6. The molecule has 0 saturated heterocycles. The number of aryl methyl sites for hydroxylation is 1. The van der Waals surface area contributed by atoms with Gasteiger partial charge < -0.3 is 10.4 Å². The fourth-order valence-corrected chi connectivity index (χ4v) is 3.10. The number of hydrogen-bond acceptors (Lipinski definition) is 3. The van der Waals surface area contributed by atoms with Gasteiger partial charge in [-0.05, 0) is 31.0 Å². The van der Waals surface area contributed by atoms with Crippen molar-refractivity contribution < 1.29 is 5.11 Å². The van der Waals surface area contributed by atoms with Gasteiger partial charge in [-0.2, -0.15) is 11.8 Å². The van der Waals surface area contributed by atoms with Crippen LogP contribution in [0.2, 0.25) is 0 Å². The van der Waals surface area contributed by atoms with Crippen molar-refractivity contribution in [3.8, 4) is 0 Å². The molecule has 2 nitrogen and oxygen atoms in total. The number of nitrogens with one attached hydrogen (secondary N) is 1. The van der Waals surface area contributed by atoms with Crippen LogP contribution in [0.15, 0.2) is 24.3 Å². The summed E-state index contributed by atoms with van der Waals surface area (Å²) in [5.74, 6) is 1.06. The third-order valence-corrected chi connectivity index (χ3v) is 4.43. The summed E-state index contributed by atoms with van der Waals surface area (Å²) in [6, 6.07) is 8.97. The predicted octanol–water partition coefficient (Wildman–Crippen LogP) is 3.15. The third-order valence-electron chi connectivity index (χ3n) is 3.10. The number of rotatable bonds is 8. The first-order valence-corrected chi connectivity index (χ1v) is 7.75. The summed E-state index contributed by atoms with van der Waals surface area (Å²) in [6.07, 6.45) is 0.872. The van der Waals surface area contributed by atoms with E-state index in [1.54, 1.807) is 0 Å². The highest BCUT2D eigenvalue weighted by Crippen LogP contribution is 2.24. The average Bonchev–Trinajstić information content (AvgIpc) is 2.36. The van der Waals surface area contributed by atoms with Gasteiger partial charge in [0.1, 0.15) is 0 Å². The number of aliphatic hydroxyl groups excluding tert-OH is 1. The van der Waals surface area contributed by atoms with Crippen LogP contribution in [0.4, 0.5) is 0 Å². The molecule has 0 heterocycles. The lowest BCUT2D eigenvalue weighted by atomic mass is 10.0. The maximum absolute atomic E-state index is 8.94. The molecule has 18 heavy (non-hydrogen) atoms. The van der Waals surface area contributed by atoms with Gasteiger partial charge in [0, 0.05) is 23.7 Å². The second-order valence-electron chi connectivity index (χ2n) is 4.62. The standard InChI is InChI=1S/C15H25NOS/c1-4-16-15(11-18-13(3)9-10-17)14-8-6-5-7-12(14)2/h5-8,13,15-17H,4,9-11H2,1-3H3. The Morgan fingerprint density at radius 1 is 1.33 bits per heavy atom. The molecule has 0 amide bonds. The van der Waals surface area contributed by atoms with Gasteiger partial charge in [0.15, 0.2) is 0 Å². The second-order valence-corrected chi connectivity index (χ2v) is 6.09. The van der Waals surface area contributed by atoms with Crippen molar-refractivity contribution in [2.75, 3.05) is 18.9 Å². The highest BCUT2D eigenvalue weighted by Gasteiger charge is 2.14. The number of aliphatic hydroxyl groups is 1. The minimum atomic E-state index is 0.282. The summed E-state index contributed by atoms with van der Waals surface area (Å²) in [7, 11) is 0. The molecule has 0 saturated carbocycles. The molecule has 0 fully saturated rings. The van der Waals surface area contributed by atoms with Crippen LogP contribution >= 0.6 is 11.8 Å². The van der Waals surface area contributed by atoms with E-state index >= 15 is 0 Å². The van der Waals surface area contributed by atoms with Gasteiger partial charge >= 0.3 is 0 Å². The van der Waals surface area contributed by atoms with E-state index in [4.69, 9.17) is 5.11 Å². The molecule has 0 aliphatic heterocycles. The SMILES string of the molecule is CCNC(CSC(C)CCO)c1ccccc1C. The van der Waals surface area contributed by atoms with E-state index in [0.717, 1.165) is 18.7 Å². The maximum atomic E-state index is 8.94. The Bertz CT molecular complexity index is 343. The summed E-state index contributed by atoms with van der Waals surface area (Å²) in [5, 5.41) is 13.0. The van der Waals surface area contributed by atoms with Crippen LogP contribution in [-0.2, 0) is 0 Å². The Morgan fingerprint density at radius 3 is 2.67 bits per heavy atom. The van der Waals surface area contributed by atoms with E-state index in [1.807, 2.05) is 11.8 Å². The van der Waals surface area contributed by atoms with Crippen LogP contribution in [0.3, 0.4) is 0 Å². The van der Waals surface area contributed by atoms with Crippen molar-refractivity contribution in [2.45, 2.75) is 38.5 Å². The second kappa shape index (κ2) is 8.57. The molecule has 2 unspecified atom stereocenters. The van der Waals surface area contributed by atoms with Crippen LogP contribution in [0.25, 0.3) is 0 Å². The molecule has 0 aromatic heterocycles. The number of hydrogen-bond donors (Lipinski definition) is 2. The van der Waals surface area contributed by atoms with Gasteiger partial charge in [-0.15, -0.1) is 0 Å². The van der Waals surface area contributed by atoms with Gasteiger partial charge in [0.05, 0.1) is 0 Å². The van der Waals surface area contributed by atoms with Crippen molar-refractivity contribution in [3.63, 3.8) is 0 Å². The van der Waals surface area contributed by atoms with Crippen LogP contribution in [0, 0.1) is 6.92 Å². The van der Waals surface area contributed by atoms with Crippen LogP contribution in [0.5, 0.6) is 0 Å². The molecule has 102 valence electrons. The van der Waals surface area contributed by atoms with Gasteiger partial charge in [-0.1, -0.05) is 38.1 Å². The number of thioether (sulfide) groups is 1. The highest BCUT2D eigenvalue weighted by atomic mass is 32.2. The van der Waals surface area contributed by atoms with Crippen molar-refractivity contribution in [1.82, 2.24) is 5.32 Å². The molecule has 0 radical (unpaired) electrons. The largest absolute Gasteiger partial charge is 0.396 e. The van der Waals surface area contributed by atoms with Gasteiger partial charge in [-0.3, -0.25) is 0 Å². The van der Waals surface area contributed by atoms with Crippen molar-refractivity contribution in [2.24, 2.45) is 0 Å². The Kier molecular flexibility index (Phi) is 7.40. The predicted molar refractivity (Wildman–Crippen MR) is 81.2 cm³/mol. The fourth-order valence-electron chi connectivity index (χ4n) is 2.01. The Labute approximate surface area is 115 Å². The summed E-state index contributed by atoms with van der Waals surface area (Å²) in [4.78, 5) is 0. The first kappa shape index (κ1) is 15.5. The smallest absolute Gasteiger partial charge is 0.0441 e.